The smallest absolute Gasteiger partial charge is 0.264 e. The number of likely N-dealkylation sites (N-methyl/N-ethyl adjacent to an activating group) is 1. The Kier molecular flexibility index (Phi) is 9.90. The van der Waals surface area contributed by atoms with E-state index < -0.39 is 28.5 Å². The van der Waals surface area contributed by atoms with Gasteiger partial charge in [0.2, 0.25) is 11.8 Å². The van der Waals surface area contributed by atoms with Gasteiger partial charge in [0.15, 0.2) is 0 Å². The summed E-state index contributed by atoms with van der Waals surface area (Å²) in [5.41, 5.74) is 2.01. The number of carbonyl (C=O) groups is 2. The number of methoxy groups -OCH3 is 1. The second-order valence-corrected chi connectivity index (χ2v) is 10.7. The minimum absolute atomic E-state index is 0.0757. The van der Waals surface area contributed by atoms with E-state index in [-0.39, 0.29) is 17.3 Å². The molecule has 0 fully saturated rings. The maximum Gasteiger partial charge on any atom is 0.264 e. The number of nitrogens with zero attached hydrogens (tertiary/aromatic N) is 2. The fourth-order valence-corrected chi connectivity index (χ4v) is 5.60. The normalized spacial score (nSPS) is 11.9. The summed E-state index contributed by atoms with van der Waals surface area (Å²) >= 11 is 0. The molecule has 0 heterocycles. The van der Waals surface area contributed by atoms with Crippen LogP contribution in [0.4, 0.5) is 5.69 Å². The predicted molar refractivity (Wildman–Crippen MR) is 148 cm³/mol. The molecule has 0 saturated carbocycles. The first-order valence-corrected chi connectivity index (χ1v) is 14.0. The van der Waals surface area contributed by atoms with Gasteiger partial charge in [-0.1, -0.05) is 49.4 Å². The van der Waals surface area contributed by atoms with Crippen LogP contribution < -0.4 is 14.4 Å². The summed E-state index contributed by atoms with van der Waals surface area (Å²) < 4.78 is 33.9. The molecule has 8 nitrogen and oxygen atoms in total. The molecule has 202 valence electrons. The van der Waals surface area contributed by atoms with E-state index in [0.717, 1.165) is 15.4 Å². The first-order chi connectivity index (χ1) is 18.2. The second-order valence-electron chi connectivity index (χ2n) is 8.85. The van der Waals surface area contributed by atoms with E-state index in [1.807, 2.05) is 39.0 Å². The minimum Gasteiger partial charge on any atom is -0.497 e. The van der Waals surface area contributed by atoms with E-state index in [9.17, 15) is 18.0 Å². The highest BCUT2D eigenvalue weighted by Crippen LogP contribution is 2.25. The van der Waals surface area contributed by atoms with Crippen molar-refractivity contribution in [2.75, 3.05) is 24.5 Å². The standard InChI is InChI=1S/C29H35N3O5S/c1-5-27(29(34)30-6-2)31(20-23-15-17-25(37-4)18-16-23)28(33)21-32(24-12-10-11-22(3)19-24)38(35,36)26-13-8-7-9-14-26/h7-19,27H,5-6,20-21H2,1-4H3,(H,30,34)/t27-/m1/s1. The summed E-state index contributed by atoms with van der Waals surface area (Å²) in [6.45, 7) is 5.58. The Balaban J connectivity index is 2.04. The van der Waals surface area contributed by atoms with E-state index in [1.54, 1.807) is 55.6 Å². The van der Waals surface area contributed by atoms with Crippen molar-refractivity contribution in [2.24, 2.45) is 0 Å². The minimum atomic E-state index is -4.08. The van der Waals surface area contributed by atoms with E-state index in [0.29, 0.717) is 24.4 Å². The van der Waals surface area contributed by atoms with Crippen LogP contribution in [-0.2, 0) is 26.2 Å². The summed E-state index contributed by atoms with van der Waals surface area (Å²) in [5, 5.41) is 2.80. The zero-order valence-corrected chi connectivity index (χ0v) is 23.1. The van der Waals surface area contributed by atoms with Crippen molar-refractivity contribution in [1.29, 1.82) is 0 Å². The molecule has 9 heteroatoms. The number of anilines is 1. The quantitative estimate of drug-likeness (QED) is 0.375. The Morgan fingerprint density at radius 3 is 2.21 bits per heavy atom. The van der Waals surface area contributed by atoms with Crippen LogP contribution >= 0.6 is 0 Å². The number of carbonyl (C=O) groups excluding carboxylic acids is 2. The SMILES string of the molecule is CCNC(=O)[C@@H](CC)N(Cc1ccc(OC)cc1)C(=O)CN(c1cccc(C)c1)S(=O)(=O)c1ccccc1. The number of benzene rings is 3. The first kappa shape index (κ1) is 28.7. The molecule has 0 saturated heterocycles. The molecule has 38 heavy (non-hydrogen) atoms. The molecule has 0 aliphatic rings. The van der Waals surface area contributed by atoms with Gasteiger partial charge in [0.25, 0.3) is 10.0 Å². The Morgan fingerprint density at radius 1 is 0.947 bits per heavy atom. The summed E-state index contributed by atoms with van der Waals surface area (Å²) in [6.07, 6.45) is 0.365. The van der Waals surface area contributed by atoms with Gasteiger partial charge >= 0.3 is 0 Å². The molecule has 3 rings (SSSR count). The predicted octanol–water partition coefficient (Wildman–Crippen LogP) is 4.14. The van der Waals surface area contributed by atoms with E-state index in [1.165, 1.54) is 17.0 Å². The summed E-state index contributed by atoms with van der Waals surface area (Å²) in [7, 11) is -2.51. The zero-order valence-electron chi connectivity index (χ0n) is 22.3. The lowest BCUT2D eigenvalue weighted by Gasteiger charge is -2.33. The maximum atomic E-state index is 13.9. The highest BCUT2D eigenvalue weighted by atomic mass is 32.2. The van der Waals surface area contributed by atoms with Crippen LogP contribution in [0.3, 0.4) is 0 Å². The third-order valence-electron chi connectivity index (χ3n) is 6.15. The topological polar surface area (TPSA) is 96.0 Å². The highest BCUT2D eigenvalue weighted by Gasteiger charge is 2.33. The van der Waals surface area contributed by atoms with Crippen molar-refractivity contribution in [3.63, 3.8) is 0 Å². The highest BCUT2D eigenvalue weighted by molar-refractivity contribution is 7.92. The average Bonchev–Trinajstić information content (AvgIpc) is 2.92. The third kappa shape index (κ3) is 6.92. The molecule has 3 aromatic carbocycles. The number of sulfonamides is 1. The Morgan fingerprint density at radius 2 is 1.63 bits per heavy atom. The van der Waals surface area contributed by atoms with Crippen molar-refractivity contribution < 1.29 is 22.7 Å². The van der Waals surface area contributed by atoms with Crippen molar-refractivity contribution in [3.05, 3.63) is 90.0 Å². The van der Waals surface area contributed by atoms with Crippen LogP contribution in [0.5, 0.6) is 5.75 Å². The molecule has 1 atom stereocenters. The van der Waals surface area contributed by atoms with E-state index in [4.69, 9.17) is 4.74 Å². The van der Waals surface area contributed by atoms with Gasteiger partial charge in [0.05, 0.1) is 17.7 Å². The molecule has 0 radical (unpaired) electrons. The second kappa shape index (κ2) is 13.1. The van der Waals surface area contributed by atoms with Crippen LogP contribution in [-0.4, -0.2) is 51.4 Å². The number of amides is 2. The molecular formula is C29H35N3O5S. The Bertz CT molecular complexity index is 1330. The number of hydrogen-bond acceptors (Lipinski definition) is 5. The van der Waals surface area contributed by atoms with Crippen molar-refractivity contribution in [3.8, 4) is 5.75 Å². The largest absolute Gasteiger partial charge is 0.497 e. The molecule has 0 unspecified atom stereocenters. The molecule has 1 N–H and O–H groups in total. The molecule has 0 aliphatic carbocycles. The van der Waals surface area contributed by atoms with Gasteiger partial charge in [-0.05, 0) is 67.8 Å². The molecule has 3 aromatic rings. The number of nitrogens with one attached hydrogen (secondary N) is 1. The summed E-state index contributed by atoms with van der Waals surface area (Å²) in [6, 6.07) is 21.4. The Hall–Kier alpha value is -3.85. The van der Waals surface area contributed by atoms with Gasteiger partial charge in [0, 0.05) is 13.1 Å². The van der Waals surface area contributed by atoms with Gasteiger partial charge in [-0.15, -0.1) is 0 Å². The first-order valence-electron chi connectivity index (χ1n) is 12.6. The molecule has 0 bridgehead atoms. The fourth-order valence-electron chi connectivity index (χ4n) is 4.17. The van der Waals surface area contributed by atoms with Crippen LogP contribution in [0.15, 0.2) is 83.8 Å². The number of rotatable bonds is 12. The van der Waals surface area contributed by atoms with Crippen molar-refractivity contribution in [2.45, 2.75) is 44.7 Å². The maximum absolute atomic E-state index is 13.9. The van der Waals surface area contributed by atoms with Crippen LogP contribution in [0.2, 0.25) is 0 Å². The van der Waals surface area contributed by atoms with Crippen LogP contribution in [0.25, 0.3) is 0 Å². The van der Waals surface area contributed by atoms with Gasteiger partial charge < -0.3 is 15.0 Å². The molecule has 0 spiro atoms. The van der Waals surface area contributed by atoms with Crippen molar-refractivity contribution >= 4 is 27.5 Å². The molecule has 0 aromatic heterocycles. The third-order valence-corrected chi connectivity index (χ3v) is 7.94. The summed E-state index contributed by atoms with van der Waals surface area (Å²) in [4.78, 5) is 28.4. The average molecular weight is 538 g/mol. The van der Waals surface area contributed by atoms with E-state index in [2.05, 4.69) is 5.32 Å². The molecule has 0 aliphatic heterocycles. The lowest BCUT2D eigenvalue weighted by Crippen LogP contribution is -2.52. The fraction of sp³-hybridized carbons (Fsp3) is 0.310. The molecule has 2 amide bonds. The van der Waals surface area contributed by atoms with Crippen LogP contribution in [0.1, 0.15) is 31.4 Å². The van der Waals surface area contributed by atoms with Gasteiger partial charge in [-0.2, -0.15) is 0 Å². The Labute approximate surface area is 225 Å². The summed E-state index contributed by atoms with van der Waals surface area (Å²) in [5.74, 6) is -0.105. The van der Waals surface area contributed by atoms with Gasteiger partial charge in [0.1, 0.15) is 18.3 Å². The van der Waals surface area contributed by atoms with E-state index >= 15 is 0 Å². The lowest BCUT2D eigenvalue weighted by atomic mass is 10.1. The zero-order chi connectivity index (χ0) is 27.7. The number of hydrogen-bond donors (Lipinski definition) is 1. The molecular weight excluding hydrogens is 502 g/mol. The lowest BCUT2D eigenvalue weighted by molar-refractivity contribution is -0.140. The van der Waals surface area contributed by atoms with Gasteiger partial charge in [-0.3, -0.25) is 13.9 Å². The van der Waals surface area contributed by atoms with Crippen LogP contribution in [0, 0.1) is 6.92 Å². The number of aryl methyl sites for hydroxylation is 1. The number of ether oxygens (including phenoxy) is 1. The van der Waals surface area contributed by atoms with Gasteiger partial charge in [-0.25, -0.2) is 8.42 Å². The van der Waals surface area contributed by atoms with Crippen molar-refractivity contribution in [1.82, 2.24) is 10.2 Å². The monoisotopic (exact) mass is 537 g/mol.